The molecule has 5 heteroatoms. The zero-order chi connectivity index (χ0) is 11.5. The van der Waals surface area contributed by atoms with Gasteiger partial charge in [0.2, 0.25) is 5.91 Å². The van der Waals surface area contributed by atoms with Crippen molar-refractivity contribution in [1.29, 1.82) is 0 Å². The summed E-state index contributed by atoms with van der Waals surface area (Å²) in [4.78, 5) is 20.0. The summed E-state index contributed by atoms with van der Waals surface area (Å²) in [6.07, 6.45) is 6.40. The van der Waals surface area contributed by atoms with Crippen molar-refractivity contribution in [3.05, 3.63) is 17.0 Å². The van der Waals surface area contributed by atoms with E-state index in [0.717, 1.165) is 19.3 Å². The Hall–Kier alpha value is -0.970. The summed E-state index contributed by atoms with van der Waals surface area (Å²) in [6.45, 7) is 2.13. The van der Waals surface area contributed by atoms with Gasteiger partial charge in [-0.25, -0.2) is 9.97 Å². The maximum Gasteiger partial charge on any atom is 0.228 e. The third kappa shape index (κ3) is 2.58. The fourth-order valence-electron chi connectivity index (χ4n) is 2.13. The number of carbonyl (C=O) groups excluding carboxylic acids is 1. The highest BCUT2D eigenvalue weighted by Crippen LogP contribution is 2.31. The lowest BCUT2D eigenvalue weighted by Gasteiger charge is -2.14. The summed E-state index contributed by atoms with van der Waals surface area (Å²) < 4.78 is 0.666. The normalized spacial score (nSPS) is 24.4. The molecule has 0 aromatic carbocycles. The number of carbonyl (C=O) groups is 1. The summed E-state index contributed by atoms with van der Waals surface area (Å²) in [6, 6.07) is 0. The second kappa shape index (κ2) is 4.91. The first-order valence-electron chi connectivity index (χ1n) is 5.45. The minimum absolute atomic E-state index is 0.0709. The van der Waals surface area contributed by atoms with E-state index >= 15 is 0 Å². The second-order valence-corrected chi connectivity index (χ2v) is 5.04. The largest absolute Gasteiger partial charge is 0.309 e. The Morgan fingerprint density at radius 3 is 2.81 bits per heavy atom. The molecule has 4 nitrogen and oxygen atoms in total. The number of nitrogens with one attached hydrogen (secondary N) is 1. The monoisotopic (exact) mass is 283 g/mol. The molecule has 0 aliphatic heterocycles. The van der Waals surface area contributed by atoms with Gasteiger partial charge >= 0.3 is 0 Å². The Kier molecular flexibility index (Phi) is 3.53. The van der Waals surface area contributed by atoms with Gasteiger partial charge in [-0.3, -0.25) is 4.79 Å². The van der Waals surface area contributed by atoms with Crippen LogP contribution in [-0.2, 0) is 4.79 Å². The summed E-state index contributed by atoms with van der Waals surface area (Å²) in [5, 5.41) is 2.81. The topological polar surface area (TPSA) is 54.9 Å². The van der Waals surface area contributed by atoms with Gasteiger partial charge in [0.15, 0.2) is 5.82 Å². The van der Waals surface area contributed by atoms with Gasteiger partial charge in [-0.1, -0.05) is 13.3 Å². The van der Waals surface area contributed by atoms with Crippen molar-refractivity contribution >= 4 is 27.7 Å². The van der Waals surface area contributed by atoms with E-state index < -0.39 is 0 Å². The van der Waals surface area contributed by atoms with E-state index in [0.29, 0.717) is 16.3 Å². The van der Waals surface area contributed by atoms with E-state index in [1.165, 1.54) is 0 Å². The smallest absolute Gasteiger partial charge is 0.228 e. The molecule has 1 fully saturated rings. The number of anilines is 1. The summed E-state index contributed by atoms with van der Waals surface area (Å²) in [5.41, 5.74) is 0. The molecule has 1 N–H and O–H groups in total. The first-order valence-corrected chi connectivity index (χ1v) is 6.24. The van der Waals surface area contributed by atoms with Gasteiger partial charge in [-0.2, -0.15) is 0 Å². The van der Waals surface area contributed by atoms with Crippen LogP contribution in [0.2, 0.25) is 0 Å². The molecule has 86 valence electrons. The fraction of sp³-hybridized carbons (Fsp3) is 0.545. The molecule has 1 aromatic heterocycles. The molecule has 0 spiro atoms. The first-order chi connectivity index (χ1) is 7.66. The van der Waals surface area contributed by atoms with Gasteiger partial charge in [0.25, 0.3) is 0 Å². The second-order valence-electron chi connectivity index (χ2n) is 4.23. The van der Waals surface area contributed by atoms with E-state index in [1.807, 2.05) is 0 Å². The van der Waals surface area contributed by atoms with Crippen LogP contribution in [0.3, 0.4) is 0 Å². The minimum Gasteiger partial charge on any atom is -0.309 e. The highest BCUT2D eigenvalue weighted by Gasteiger charge is 2.29. The predicted molar refractivity (Wildman–Crippen MR) is 64.9 cm³/mol. The standard InChI is InChI=1S/C11H14BrN3O/c1-7-3-2-4-8(7)11(16)15-10-6-13-9(12)5-14-10/h5-8H,2-4H2,1H3,(H,14,15,16). The number of hydrogen-bond donors (Lipinski definition) is 1. The maximum atomic E-state index is 11.9. The summed E-state index contributed by atoms with van der Waals surface area (Å²) >= 11 is 3.20. The van der Waals surface area contributed by atoms with Gasteiger partial charge < -0.3 is 5.32 Å². The zero-order valence-electron chi connectivity index (χ0n) is 9.11. The van der Waals surface area contributed by atoms with Gasteiger partial charge in [0, 0.05) is 5.92 Å². The fourth-order valence-corrected chi connectivity index (χ4v) is 2.34. The molecule has 0 bridgehead atoms. The van der Waals surface area contributed by atoms with Crippen LogP contribution in [0, 0.1) is 11.8 Å². The van der Waals surface area contributed by atoms with Crippen molar-refractivity contribution in [2.45, 2.75) is 26.2 Å². The van der Waals surface area contributed by atoms with Crippen LogP contribution >= 0.6 is 15.9 Å². The molecule has 1 amide bonds. The van der Waals surface area contributed by atoms with E-state index in [-0.39, 0.29) is 11.8 Å². The highest BCUT2D eigenvalue weighted by atomic mass is 79.9. The van der Waals surface area contributed by atoms with Crippen molar-refractivity contribution in [3.63, 3.8) is 0 Å². The van der Waals surface area contributed by atoms with Crippen LogP contribution < -0.4 is 5.32 Å². The van der Waals surface area contributed by atoms with Gasteiger partial charge in [0.1, 0.15) is 4.60 Å². The maximum absolute atomic E-state index is 11.9. The van der Waals surface area contributed by atoms with Gasteiger partial charge in [-0.15, -0.1) is 0 Å². The molecule has 2 rings (SSSR count). The van der Waals surface area contributed by atoms with Crippen LogP contribution in [0.1, 0.15) is 26.2 Å². The highest BCUT2D eigenvalue weighted by molar-refractivity contribution is 9.10. The van der Waals surface area contributed by atoms with E-state index in [4.69, 9.17) is 0 Å². The summed E-state index contributed by atoms with van der Waals surface area (Å²) in [5.74, 6) is 1.20. The third-order valence-corrected chi connectivity index (χ3v) is 3.48. The first kappa shape index (κ1) is 11.5. The van der Waals surface area contributed by atoms with Crippen molar-refractivity contribution in [3.8, 4) is 0 Å². The lowest BCUT2D eigenvalue weighted by atomic mass is 9.97. The molecule has 2 atom stereocenters. The molecular formula is C11H14BrN3O. The Morgan fingerprint density at radius 1 is 1.44 bits per heavy atom. The van der Waals surface area contributed by atoms with Gasteiger partial charge in [0.05, 0.1) is 12.4 Å². The molecule has 16 heavy (non-hydrogen) atoms. The van der Waals surface area contributed by atoms with Crippen LogP contribution in [-0.4, -0.2) is 15.9 Å². The Bertz CT molecular complexity index is 379. The van der Waals surface area contributed by atoms with Crippen LogP contribution in [0.4, 0.5) is 5.82 Å². The predicted octanol–water partition coefficient (Wildman–Crippen LogP) is 2.61. The molecule has 1 aliphatic rings. The number of nitrogens with zero attached hydrogens (tertiary/aromatic N) is 2. The quantitative estimate of drug-likeness (QED) is 0.908. The molecule has 1 saturated carbocycles. The average Bonchev–Trinajstić information content (AvgIpc) is 2.68. The number of hydrogen-bond acceptors (Lipinski definition) is 3. The molecule has 0 saturated heterocycles. The molecule has 0 radical (unpaired) electrons. The molecule has 1 aromatic rings. The zero-order valence-corrected chi connectivity index (χ0v) is 10.7. The molecule has 1 heterocycles. The Morgan fingerprint density at radius 2 is 2.25 bits per heavy atom. The third-order valence-electron chi connectivity index (χ3n) is 3.07. The Labute approximate surface area is 103 Å². The number of amides is 1. The number of aromatic nitrogens is 2. The van der Waals surface area contributed by atoms with Crippen LogP contribution in [0.25, 0.3) is 0 Å². The van der Waals surface area contributed by atoms with Crippen molar-refractivity contribution in [2.24, 2.45) is 11.8 Å². The number of halogens is 1. The molecular weight excluding hydrogens is 270 g/mol. The molecule has 2 unspecified atom stereocenters. The van der Waals surface area contributed by atoms with Crippen LogP contribution in [0.5, 0.6) is 0 Å². The Balaban J connectivity index is 1.99. The van der Waals surface area contributed by atoms with E-state index in [9.17, 15) is 4.79 Å². The minimum atomic E-state index is 0.0709. The SMILES string of the molecule is CC1CCCC1C(=O)Nc1cnc(Br)cn1. The average molecular weight is 284 g/mol. The van der Waals surface area contributed by atoms with Crippen molar-refractivity contribution < 1.29 is 4.79 Å². The summed E-state index contributed by atoms with van der Waals surface area (Å²) in [7, 11) is 0. The van der Waals surface area contributed by atoms with Gasteiger partial charge in [-0.05, 0) is 34.7 Å². The van der Waals surface area contributed by atoms with Crippen molar-refractivity contribution in [1.82, 2.24) is 9.97 Å². The molecule has 1 aliphatic carbocycles. The van der Waals surface area contributed by atoms with Crippen LogP contribution in [0.15, 0.2) is 17.0 Å². The van der Waals surface area contributed by atoms with E-state index in [1.54, 1.807) is 12.4 Å². The lowest BCUT2D eigenvalue weighted by molar-refractivity contribution is -0.120. The van der Waals surface area contributed by atoms with Crippen molar-refractivity contribution in [2.75, 3.05) is 5.32 Å². The van der Waals surface area contributed by atoms with E-state index in [2.05, 4.69) is 38.1 Å². The lowest BCUT2D eigenvalue weighted by Crippen LogP contribution is -2.25. The number of rotatable bonds is 2.